The molecule has 0 radical (unpaired) electrons. The Morgan fingerprint density at radius 2 is 1.76 bits per heavy atom. The van der Waals surface area contributed by atoms with Gasteiger partial charge < -0.3 is 10.1 Å². The molecular weight excluding hydrogens is 353 g/mol. The number of halogens is 2. The first-order valence-corrected chi connectivity index (χ1v) is 8.82. The van der Waals surface area contributed by atoms with E-state index in [0.29, 0.717) is 16.7 Å². The van der Waals surface area contributed by atoms with Gasteiger partial charge in [0.25, 0.3) is 0 Å². The van der Waals surface area contributed by atoms with E-state index in [1.807, 2.05) is 42.5 Å². The van der Waals surface area contributed by atoms with E-state index < -0.39 is 0 Å². The quantitative estimate of drug-likeness (QED) is 0.534. The number of anilines is 1. The molecule has 0 aromatic heterocycles. The maximum atomic E-state index is 6.18. The molecule has 3 aromatic carbocycles. The second kappa shape index (κ2) is 8.28. The van der Waals surface area contributed by atoms with Crippen LogP contribution in [-0.2, 0) is 13.2 Å². The van der Waals surface area contributed by atoms with E-state index in [9.17, 15) is 0 Å². The highest BCUT2D eigenvalue weighted by atomic mass is 35.5. The average molecular weight is 372 g/mol. The van der Waals surface area contributed by atoms with Gasteiger partial charge in [0.05, 0.1) is 0 Å². The summed E-state index contributed by atoms with van der Waals surface area (Å²) in [5, 5.41) is 4.69. The smallest absolute Gasteiger partial charge is 0.120 e. The predicted octanol–water partition coefficient (Wildman–Crippen LogP) is 6.49. The number of hydrogen-bond donors (Lipinski definition) is 1. The van der Waals surface area contributed by atoms with Crippen LogP contribution in [0, 0.1) is 6.92 Å². The van der Waals surface area contributed by atoms with Crippen LogP contribution in [0.2, 0.25) is 10.0 Å². The van der Waals surface area contributed by atoms with Crippen LogP contribution >= 0.6 is 23.2 Å². The zero-order chi connectivity index (χ0) is 17.6. The number of aryl methyl sites for hydroxylation is 1. The first-order chi connectivity index (χ1) is 12.1. The topological polar surface area (TPSA) is 21.3 Å². The van der Waals surface area contributed by atoms with Crippen LogP contribution in [0.25, 0.3) is 0 Å². The van der Waals surface area contributed by atoms with Crippen LogP contribution in [-0.4, -0.2) is 0 Å². The molecule has 0 aliphatic carbocycles. The molecule has 0 saturated carbocycles. The van der Waals surface area contributed by atoms with Gasteiger partial charge >= 0.3 is 0 Å². The summed E-state index contributed by atoms with van der Waals surface area (Å²) >= 11 is 12.1. The summed E-state index contributed by atoms with van der Waals surface area (Å²) in [6, 6.07) is 21.7. The van der Waals surface area contributed by atoms with Gasteiger partial charge in [0, 0.05) is 27.8 Å². The molecule has 0 bridgehead atoms. The molecule has 0 aliphatic rings. The monoisotopic (exact) mass is 371 g/mol. The van der Waals surface area contributed by atoms with Crippen molar-refractivity contribution in [1.82, 2.24) is 0 Å². The van der Waals surface area contributed by atoms with Crippen molar-refractivity contribution in [2.24, 2.45) is 0 Å². The summed E-state index contributed by atoms with van der Waals surface area (Å²) in [5.41, 5.74) is 4.44. The number of rotatable bonds is 6. The van der Waals surface area contributed by atoms with Gasteiger partial charge in [-0.3, -0.25) is 0 Å². The zero-order valence-electron chi connectivity index (χ0n) is 13.9. The summed E-state index contributed by atoms with van der Waals surface area (Å²) in [5.74, 6) is 0.815. The number of para-hydroxylation sites is 1. The molecule has 4 heteroatoms. The van der Waals surface area contributed by atoms with E-state index in [1.165, 1.54) is 5.56 Å². The molecule has 1 N–H and O–H groups in total. The molecule has 0 fully saturated rings. The summed E-state index contributed by atoms with van der Waals surface area (Å²) in [6.45, 7) is 3.24. The van der Waals surface area contributed by atoms with Gasteiger partial charge in [-0.05, 0) is 48.4 Å². The van der Waals surface area contributed by atoms with E-state index in [1.54, 1.807) is 6.07 Å². The van der Waals surface area contributed by atoms with Gasteiger partial charge in [-0.1, -0.05) is 59.6 Å². The first-order valence-electron chi connectivity index (χ1n) is 8.07. The van der Waals surface area contributed by atoms with Crippen LogP contribution in [0.1, 0.15) is 16.7 Å². The van der Waals surface area contributed by atoms with Crippen LogP contribution < -0.4 is 10.1 Å². The zero-order valence-corrected chi connectivity index (χ0v) is 15.4. The first kappa shape index (κ1) is 17.7. The highest BCUT2D eigenvalue weighted by molar-refractivity contribution is 6.35. The molecule has 0 aliphatic heterocycles. The molecular formula is C21H19Cl2NO. The van der Waals surface area contributed by atoms with Crippen molar-refractivity contribution < 1.29 is 4.74 Å². The number of ether oxygens (including phenoxy) is 1. The van der Waals surface area contributed by atoms with Gasteiger partial charge in [0.1, 0.15) is 12.4 Å². The van der Waals surface area contributed by atoms with E-state index in [-0.39, 0.29) is 0 Å². The van der Waals surface area contributed by atoms with Gasteiger partial charge in [0.15, 0.2) is 0 Å². The Kier molecular flexibility index (Phi) is 5.85. The molecule has 128 valence electrons. The lowest BCUT2D eigenvalue weighted by molar-refractivity contribution is 0.306. The summed E-state index contributed by atoms with van der Waals surface area (Å²) < 4.78 is 5.87. The Bertz CT molecular complexity index is 864. The predicted molar refractivity (Wildman–Crippen MR) is 106 cm³/mol. The fourth-order valence-electron chi connectivity index (χ4n) is 2.51. The normalized spacial score (nSPS) is 10.5. The Balaban J connectivity index is 1.62. The molecule has 0 unspecified atom stereocenters. The van der Waals surface area contributed by atoms with Crippen molar-refractivity contribution in [3.05, 3.63) is 93.5 Å². The van der Waals surface area contributed by atoms with E-state index in [4.69, 9.17) is 27.9 Å². The Morgan fingerprint density at radius 1 is 0.920 bits per heavy atom. The largest absolute Gasteiger partial charge is 0.489 e. The molecule has 0 saturated heterocycles. The molecule has 3 rings (SSSR count). The van der Waals surface area contributed by atoms with Gasteiger partial charge in [0.2, 0.25) is 0 Å². The van der Waals surface area contributed by atoms with Crippen LogP contribution in [0.5, 0.6) is 5.75 Å². The molecule has 0 atom stereocenters. The van der Waals surface area contributed by atoms with Crippen molar-refractivity contribution in [3.8, 4) is 5.75 Å². The Hall–Kier alpha value is -2.16. The van der Waals surface area contributed by atoms with Crippen molar-refractivity contribution in [2.45, 2.75) is 20.1 Å². The van der Waals surface area contributed by atoms with Gasteiger partial charge in [-0.15, -0.1) is 0 Å². The maximum Gasteiger partial charge on any atom is 0.120 e. The van der Waals surface area contributed by atoms with Crippen LogP contribution in [0.4, 0.5) is 5.69 Å². The van der Waals surface area contributed by atoms with Gasteiger partial charge in [-0.2, -0.15) is 0 Å². The maximum absolute atomic E-state index is 6.18. The third-order valence-corrected chi connectivity index (χ3v) is 4.52. The minimum atomic E-state index is 0.407. The second-order valence-electron chi connectivity index (χ2n) is 5.84. The lowest BCUT2D eigenvalue weighted by Crippen LogP contribution is -2.02. The number of benzene rings is 3. The fraction of sp³-hybridized carbons (Fsp3) is 0.143. The van der Waals surface area contributed by atoms with E-state index in [2.05, 4.69) is 30.4 Å². The number of hydrogen-bond acceptors (Lipinski definition) is 2. The fourth-order valence-corrected chi connectivity index (χ4v) is 2.98. The highest BCUT2D eigenvalue weighted by Crippen LogP contribution is 2.23. The third kappa shape index (κ3) is 4.91. The lowest BCUT2D eigenvalue weighted by atomic mass is 10.1. The van der Waals surface area contributed by atoms with Crippen molar-refractivity contribution in [2.75, 3.05) is 5.32 Å². The van der Waals surface area contributed by atoms with Crippen molar-refractivity contribution in [3.63, 3.8) is 0 Å². The van der Waals surface area contributed by atoms with Crippen molar-refractivity contribution in [1.29, 1.82) is 0 Å². The highest BCUT2D eigenvalue weighted by Gasteiger charge is 2.04. The third-order valence-electron chi connectivity index (χ3n) is 3.94. The molecule has 0 amide bonds. The Morgan fingerprint density at radius 3 is 2.56 bits per heavy atom. The lowest BCUT2D eigenvalue weighted by Gasteiger charge is -2.12. The minimum absolute atomic E-state index is 0.407. The minimum Gasteiger partial charge on any atom is -0.489 e. The second-order valence-corrected chi connectivity index (χ2v) is 6.68. The van der Waals surface area contributed by atoms with Crippen molar-refractivity contribution >= 4 is 28.9 Å². The summed E-state index contributed by atoms with van der Waals surface area (Å²) in [4.78, 5) is 0. The SMILES string of the molecule is Cc1ccccc1NCc1cccc(OCc2ccc(Cl)cc2Cl)c1. The van der Waals surface area contributed by atoms with Crippen LogP contribution in [0.3, 0.4) is 0 Å². The molecule has 25 heavy (non-hydrogen) atoms. The van der Waals surface area contributed by atoms with Crippen LogP contribution in [0.15, 0.2) is 66.7 Å². The summed E-state index contributed by atoms with van der Waals surface area (Å²) in [7, 11) is 0. The Labute approximate surface area is 158 Å². The van der Waals surface area contributed by atoms with E-state index >= 15 is 0 Å². The average Bonchev–Trinajstić information content (AvgIpc) is 2.61. The van der Waals surface area contributed by atoms with E-state index in [0.717, 1.165) is 29.1 Å². The molecule has 0 heterocycles. The molecule has 3 aromatic rings. The number of nitrogens with one attached hydrogen (secondary N) is 1. The molecule has 2 nitrogen and oxygen atoms in total. The summed E-state index contributed by atoms with van der Waals surface area (Å²) in [6.07, 6.45) is 0. The standard InChI is InChI=1S/C21H19Cl2NO/c1-15-5-2-3-8-21(15)24-13-16-6-4-7-19(11-16)25-14-17-9-10-18(22)12-20(17)23/h2-12,24H,13-14H2,1H3. The van der Waals surface area contributed by atoms with Gasteiger partial charge in [-0.25, -0.2) is 0 Å². The molecule has 0 spiro atoms.